The van der Waals surface area contributed by atoms with Crippen molar-refractivity contribution in [3.8, 4) is 0 Å². The number of rotatable bonds is 6. The van der Waals surface area contributed by atoms with Crippen molar-refractivity contribution in [2.24, 2.45) is 5.41 Å². The van der Waals surface area contributed by atoms with Crippen molar-refractivity contribution >= 4 is 29.3 Å². The number of aromatic nitrogens is 1. The smallest absolute Gasteiger partial charge is 0.303 e. The number of aliphatic carboxylic acids is 1. The summed E-state index contributed by atoms with van der Waals surface area (Å²) >= 11 is 0. The molecule has 0 aliphatic rings. The molecule has 0 atom stereocenters. The van der Waals surface area contributed by atoms with Gasteiger partial charge in [-0.1, -0.05) is 13.8 Å². The summed E-state index contributed by atoms with van der Waals surface area (Å²) in [5, 5.41) is 13.9. The molecule has 114 valence electrons. The predicted octanol–water partition coefficient (Wildman–Crippen LogP) is 1.87. The first kappa shape index (κ1) is 16.6. The molecular formula is C14H19N3O4. The Bertz CT molecular complexity index is 538. The van der Waals surface area contributed by atoms with Crippen molar-refractivity contribution in [1.29, 1.82) is 0 Å². The molecule has 0 aliphatic heterocycles. The third-order valence-corrected chi connectivity index (χ3v) is 2.62. The molecule has 0 radical (unpaired) electrons. The van der Waals surface area contributed by atoms with Gasteiger partial charge in [0, 0.05) is 13.3 Å². The van der Waals surface area contributed by atoms with Gasteiger partial charge in [-0.25, -0.2) is 4.98 Å². The molecule has 0 fully saturated rings. The second kappa shape index (κ2) is 6.83. The van der Waals surface area contributed by atoms with Gasteiger partial charge in [0.25, 0.3) is 0 Å². The summed E-state index contributed by atoms with van der Waals surface area (Å²) in [5.41, 5.74) is -0.139. The van der Waals surface area contributed by atoms with E-state index in [1.807, 2.05) is 0 Å². The maximum Gasteiger partial charge on any atom is 0.303 e. The molecule has 1 aromatic rings. The highest BCUT2D eigenvalue weighted by atomic mass is 16.4. The van der Waals surface area contributed by atoms with Gasteiger partial charge in [-0.3, -0.25) is 14.4 Å². The van der Waals surface area contributed by atoms with Gasteiger partial charge in [-0.05, 0) is 17.5 Å². The Kier molecular flexibility index (Phi) is 5.40. The van der Waals surface area contributed by atoms with Gasteiger partial charge in [-0.2, -0.15) is 0 Å². The first-order valence-corrected chi connectivity index (χ1v) is 6.43. The van der Waals surface area contributed by atoms with E-state index in [4.69, 9.17) is 5.11 Å². The Morgan fingerprint density at radius 1 is 1.19 bits per heavy atom. The van der Waals surface area contributed by atoms with E-state index >= 15 is 0 Å². The quantitative estimate of drug-likeness (QED) is 0.742. The maximum absolute atomic E-state index is 11.9. The molecule has 1 aromatic heterocycles. The molecule has 0 spiro atoms. The number of anilines is 2. The summed E-state index contributed by atoms with van der Waals surface area (Å²) in [6, 6.07) is 3.18. The lowest BCUT2D eigenvalue weighted by atomic mass is 9.85. The normalized spacial score (nSPS) is 10.8. The largest absolute Gasteiger partial charge is 0.481 e. The van der Waals surface area contributed by atoms with Gasteiger partial charge in [0.05, 0.1) is 18.3 Å². The second-order valence-corrected chi connectivity index (χ2v) is 5.57. The number of amides is 2. The summed E-state index contributed by atoms with van der Waals surface area (Å²) in [6.45, 7) is 4.82. The van der Waals surface area contributed by atoms with Crippen LogP contribution in [0.2, 0.25) is 0 Å². The minimum absolute atomic E-state index is 0.0832. The Labute approximate surface area is 122 Å². The van der Waals surface area contributed by atoms with E-state index in [1.165, 1.54) is 13.1 Å². The minimum atomic E-state index is -0.936. The van der Waals surface area contributed by atoms with Crippen LogP contribution in [0.15, 0.2) is 18.3 Å². The fraction of sp³-hybridized carbons (Fsp3) is 0.429. The lowest BCUT2D eigenvalue weighted by Crippen LogP contribution is -2.24. The molecule has 21 heavy (non-hydrogen) atoms. The van der Waals surface area contributed by atoms with E-state index in [1.54, 1.807) is 26.0 Å². The van der Waals surface area contributed by atoms with E-state index in [2.05, 4.69) is 15.6 Å². The van der Waals surface area contributed by atoms with Crippen LogP contribution in [0.3, 0.4) is 0 Å². The van der Waals surface area contributed by atoms with E-state index < -0.39 is 11.4 Å². The van der Waals surface area contributed by atoms with Crippen LogP contribution < -0.4 is 10.6 Å². The summed E-state index contributed by atoms with van der Waals surface area (Å²) in [6.07, 6.45) is 1.43. The van der Waals surface area contributed by atoms with Crippen LogP contribution in [0, 0.1) is 5.41 Å². The number of carbonyl (C=O) groups is 3. The van der Waals surface area contributed by atoms with Gasteiger partial charge >= 0.3 is 5.97 Å². The number of nitrogens with zero attached hydrogens (tertiary/aromatic N) is 1. The Balaban J connectivity index is 2.58. The van der Waals surface area contributed by atoms with Crippen LogP contribution in [-0.4, -0.2) is 27.9 Å². The predicted molar refractivity (Wildman–Crippen MR) is 77.8 cm³/mol. The third-order valence-electron chi connectivity index (χ3n) is 2.62. The second-order valence-electron chi connectivity index (χ2n) is 5.57. The first-order valence-electron chi connectivity index (χ1n) is 6.43. The SMILES string of the molecule is CC(=O)Nc1ccc(NC(=O)CC(C)(C)CC(=O)O)cn1. The van der Waals surface area contributed by atoms with Gasteiger partial charge in [-0.15, -0.1) is 0 Å². The molecular weight excluding hydrogens is 274 g/mol. The average molecular weight is 293 g/mol. The fourth-order valence-electron chi connectivity index (χ4n) is 1.83. The molecule has 7 nitrogen and oxygen atoms in total. The number of hydrogen-bond acceptors (Lipinski definition) is 4. The molecule has 0 unspecified atom stereocenters. The molecule has 7 heteroatoms. The monoisotopic (exact) mass is 293 g/mol. The van der Waals surface area contributed by atoms with Gasteiger partial charge in [0.1, 0.15) is 5.82 Å². The zero-order valence-corrected chi connectivity index (χ0v) is 12.3. The molecule has 0 aliphatic carbocycles. The van der Waals surface area contributed by atoms with Gasteiger partial charge < -0.3 is 15.7 Å². The molecule has 0 saturated heterocycles. The number of carboxylic acids is 1. The first-order chi connectivity index (χ1) is 9.68. The number of hydrogen-bond donors (Lipinski definition) is 3. The molecule has 1 heterocycles. The van der Waals surface area contributed by atoms with Crippen molar-refractivity contribution < 1.29 is 19.5 Å². The summed E-state index contributed by atoms with van der Waals surface area (Å²) in [7, 11) is 0. The maximum atomic E-state index is 11.9. The lowest BCUT2D eigenvalue weighted by molar-refractivity contribution is -0.139. The van der Waals surface area contributed by atoms with E-state index in [9.17, 15) is 14.4 Å². The van der Waals surface area contributed by atoms with Crippen molar-refractivity contribution in [2.75, 3.05) is 10.6 Å². The van der Waals surface area contributed by atoms with E-state index in [0.717, 1.165) is 0 Å². The number of carbonyl (C=O) groups excluding carboxylic acids is 2. The van der Waals surface area contributed by atoms with Crippen LogP contribution in [-0.2, 0) is 14.4 Å². The third kappa shape index (κ3) is 6.51. The van der Waals surface area contributed by atoms with E-state index in [-0.39, 0.29) is 24.7 Å². The zero-order valence-electron chi connectivity index (χ0n) is 12.3. The highest BCUT2D eigenvalue weighted by molar-refractivity contribution is 5.92. The Morgan fingerprint density at radius 3 is 2.33 bits per heavy atom. The molecule has 2 amide bonds. The van der Waals surface area contributed by atoms with Crippen LogP contribution >= 0.6 is 0 Å². The number of carboxylic acid groups (broad SMARTS) is 1. The van der Waals surface area contributed by atoms with Crippen LogP contribution in [0.4, 0.5) is 11.5 Å². The van der Waals surface area contributed by atoms with Crippen molar-refractivity contribution in [2.45, 2.75) is 33.6 Å². The highest BCUT2D eigenvalue weighted by Gasteiger charge is 2.25. The number of pyridine rings is 1. The number of nitrogens with one attached hydrogen (secondary N) is 2. The molecule has 0 aromatic carbocycles. The molecule has 3 N–H and O–H groups in total. The van der Waals surface area contributed by atoms with Crippen molar-refractivity contribution in [1.82, 2.24) is 4.98 Å². The molecule has 0 saturated carbocycles. The Hall–Kier alpha value is -2.44. The average Bonchev–Trinajstić information content (AvgIpc) is 2.28. The van der Waals surface area contributed by atoms with Gasteiger partial charge in [0.15, 0.2) is 0 Å². The van der Waals surface area contributed by atoms with Crippen LogP contribution in [0.1, 0.15) is 33.6 Å². The lowest BCUT2D eigenvalue weighted by Gasteiger charge is -2.21. The summed E-state index contributed by atoms with van der Waals surface area (Å²) in [4.78, 5) is 37.4. The van der Waals surface area contributed by atoms with Crippen molar-refractivity contribution in [3.05, 3.63) is 18.3 Å². The Morgan fingerprint density at radius 2 is 1.86 bits per heavy atom. The van der Waals surface area contributed by atoms with Crippen LogP contribution in [0.25, 0.3) is 0 Å². The van der Waals surface area contributed by atoms with Crippen molar-refractivity contribution in [3.63, 3.8) is 0 Å². The zero-order chi connectivity index (χ0) is 16.0. The fourth-order valence-corrected chi connectivity index (χ4v) is 1.83. The van der Waals surface area contributed by atoms with Crippen LogP contribution in [0.5, 0.6) is 0 Å². The molecule has 1 rings (SSSR count). The van der Waals surface area contributed by atoms with E-state index in [0.29, 0.717) is 11.5 Å². The summed E-state index contributed by atoms with van der Waals surface area (Å²) in [5.74, 6) is -1.05. The minimum Gasteiger partial charge on any atom is -0.481 e. The topological polar surface area (TPSA) is 108 Å². The standard InChI is InChI=1S/C14H19N3O4/c1-9(18)16-11-5-4-10(8-15-11)17-12(19)6-14(2,3)7-13(20)21/h4-5,8H,6-7H2,1-3H3,(H,17,19)(H,20,21)(H,15,16,18). The summed E-state index contributed by atoms with van der Waals surface area (Å²) < 4.78 is 0. The highest BCUT2D eigenvalue weighted by Crippen LogP contribution is 2.25. The molecule has 0 bridgehead atoms. The van der Waals surface area contributed by atoms with Gasteiger partial charge in [0.2, 0.25) is 11.8 Å².